The van der Waals surface area contributed by atoms with E-state index in [1.165, 1.54) is 12.8 Å². The van der Waals surface area contributed by atoms with E-state index >= 15 is 0 Å². The van der Waals surface area contributed by atoms with Gasteiger partial charge in [0.25, 0.3) is 0 Å². The Kier molecular flexibility index (Phi) is 5.01. The Balaban J connectivity index is 1.59. The highest BCUT2D eigenvalue weighted by molar-refractivity contribution is 5.89. The summed E-state index contributed by atoms with van der Waals surface area (Å²) in [5.74, 6) is 0.446. The van der Waals surface area contributed by atoms with E-state index in [4.69, 9.17) is 9.47 Å². The van der Waals surface area contributed by atoms with Crippen LogP contribution in [-0.2, 0) is 26.2 Å². The Morgan fingerprint density at radius 2 is 2.16 bits per heavy atom. The topological polar surface area (TPSA) is 105 Å². The third kappa shape index (κ3) is 3.08. The van der Waals surface area contributed by atoms with Crippen LogP contribution in [0.25, 0.3) is 0 Å². The Morgan fingerprint density at radius 3 is 2.90 bits per heavy atom. The minimum Gasteiger partial charge on any atom is -0.504 e. The summed E-state index contributed by atoms with van der Waals surface area (Å²) >= 11 is 0. The molecular weight excluding hydrogens is 398 g/mol. The third-order valence-corrected chi connectivity index (χ3v) is 7.97. The monoisotopic (exact) mass is 429 g/mol. The number of ether oxygens (including phenoxy) is 2. The van der Waals surface area contributed by atoms with Crippen LogP contribution in [0, 0.1) is 11.8 Å². The Morgan fingerprint density at radius 1 is 1.35 bits per heavy atom. The number of carbonyl (C=O) groups excluding carboxylic acids is 1. The summed E-state index contributed by atoms with van der Waals surface area (Å²) in [4.78, 5) is 24.4. The molecule has 0 unspecified atom stereocenters. The molecule has 5 rings (SSSR count). The van der Waals surface area contributed by atoms with Gasteiger partial charge in [0.1, 0.15) is 0 Å². The summed E-state index contributed by atoms with van der Waals surface area (Å²) < 4.78 is 12.7. The number of aromatic hydroxyl groups is 1. The number of carboxylic acids is 1. The van der Waals surface area contributed by atoms with E-state index in [-0.39, 0.29) is 30.5 Å². The maximum Gasteiger partial charge on any atom is 0.305 e. The Hall–Kier alpha value is -2.12. The summed E-state index contributed by atoms with van der Waals surface area (Å²) in [5, 5.41) is 23.3. The van der Waals surface area contributed by atoms with Crippen LogP contribution in [0.5, 0.6) is 11.5 Å². The highest BCUT2D eigenvalue weighted by atomic mass is 16.5. The lowest BCUT2D eigenvalue weighted by Gasteiger charge is -2.58. The molecule has 3 aliphatic carbocycles. The van der Waals surface area contributed by atoms with Crippen LogP contribution in [0.1, 0.15) is 56.6 Å². The first-order valence-corrected chi connectivity index (χ1v) is 11.5. The van der Waals surface area contributed by atoms with Crippen molar-refractivity contribution < 1.29 is 29.3 Å². The average Bonchev–Trinajstić information content (AvgIpc) is 3.48. The summed E-state index contributed by atoms with van der Waals surface area (Å²) in [6.07, 6.45) is 4.02. The molecule has 1 heterocycles. The van der Waals surface area contributed by atoms with Crippen LogP contribution in [0.4, 0.5) is 0 Å². The standard InChI is InChI=1S/C24H31NO6/c1-14-12-16-4-5-17(26)21-20(16)23(9-10-25-13-15-2-3-15)22(31-21)18(27)6-8-24(14,23)30-11-7-19(28)29/h4-5,14-15,22,25-26H,2-3,6-13H2,1H3,(H,28,29)/t14-,22+,23+,24-/m1/s1. The molecule has 0 spiro atoms. The van der Waals surface area contributed by atoms with Gasteiger partial charge in [0.15, 0.2) is 23.4 Å². The fourth-order valence-corrected chi connectivity index (χ4v) is 6.40. The maximum atomic E-state index is 13.1. The van der Waals surface area contributed by atoms with Crippen molar-refractivity contribution in [2.24, 2.45) is 11.8 Å². The number of phenols is 1. The maximum absolute atomic E-state index is 13.1. The lowest BCUT2D eigenvalue weighted by molar-refractivity contribution is -0.189. The Bertz CT molecular complexity index is 912. The molecule has 7 heteroatoms. The van der Waals surface area contributed by atoms with Gasteiger partial charge in [-0.2, -0.15) is 0 Å². The molecule has 4 aliphatic rings. The number of hydrogen-bond acceptors (Lipinski definition) is 6. The van der Waals surface area contributed by atoms with Gasteiger partial charge in [-0.15, -0.1) is 0 Å². The lowest BCUT2D eigenvalue weighted by Crippen LogP contribution is -2.69. The molecular formula is C24H31NO6. The van der Waals surface area contributed by atoms with Crippen LogP contribution < -0.4 is 10.1 Å². The summed E-state index contributed by atoms with van der Waals surface area (Å²) in [6, 6.07) is 3.59. The molecule has 7 nitrogen and oxygen atoms in total. The van der Waals surface area contributed by atoms with E-state index in [2.05, 4.69) is 12.2 Å². The predicted octanol–water partition coefficient (Wildman–Crippen LogP) is 2.57. The van der Waals surface area contributed by atoms with Gasteiger partial charge in [0.05, 0.1) is 24.0 Å². The first kappa shape index (κ1) is 20.8. The second-order valence-corrected chi connectivity index (χ2v) is 9.77. The van der Waals surface area contributed by atoms with Gasteiger partial charge in [0.2, 0.25) is 0 Å². The molecule has 1 aliphatic heterocycles. The van der Waals surface area contributed by atoms with Crippen molar-refractivity contribution in [1.29, 1.82) is 0 Å². The van der Waals surface area contributed by atoms with Crippen LogP contribution in [0.2, 0.25) is 0 Å². The number of nitrogens with one attached hydrogen (secondary N) is 1. The van der Waals surface area contributed by atoms with Crippen molar-refractivity contribution >= 4 is 11.8 Å². The third-order valence-electron chi connectivity index (χ3n) is 7.97. The predicted molar refractivity (Wildman–Crippen MR) is 112 cm³/mol. The zero-order valence-corrected chi connectivity index (χ0v) is 18.0. The molecule has 0 bridgehead atoms. The molecule has 0 aromatic heterocycles. The van der Waals surface area contributed by atoms with Gasteiger partial charge in [-0.3, -0.25) is 9.59 Å². The normalized spacial score (nSPS) is 33.1. The SMILES string of the molecule is C[C@@H]1Cc2ccc(O)c3c2[C@@]2(CCNCC4CC4)[C@@H](O3)C(=O)CC[C@@]12OCCC(=O)O. The highest BCUT2D eigenvalue weighted by Gasteiger charge is 2.70. The molecule has 0 radical (unpaired) electrons. The van der Waals surface area contributed by atoms with Crippen molar-refractivity contribution in [3.05, 3.63) is 23.3 Å². The number of aliphatic carboxylic acids is 1. The summed E-state index contributed by atoms with van der Waals surface area (Å²) in [6.45, 7) is 3.93. The summed E-state index contributed by atoms with van der Waals surface area (Å²) in [5.41, 5.74) is 0.580. The van der Waals surface area contributed by atoms with E-state index in [9.17, 15) is 19.8 Å². The van der Waals surface area contributed by atoms with Crippen molar-refractivity contribution in [2.45, 2.75) is 69.0 Å². The van der Waals surface area contributed by atoms with Crippen molar-refractivity contribution in [3.63, 3.8) is 0 Å². The number of hydrogen-bond donors (Lipinski definition) is 3. The van der Waals surface area contributed by atoms with Gasteiger partial charge in [0, 0.05) is 12.0 Å². The van der Waals surface area contributed by atoms with Crippen molar-refractivity contribution in [1.82, 2.24) is 5.32 Å². The first-order valence-electron chi connectivity index (χ1n) is 11.5. The number of ketones is 1. The molecule has 2 saturated carbocycles. The second-order valence-electron chi connectivity index (χ2n) is 9.77. The van der Waals surface area contributed by atoms with E-state index < -0.39 is 23.1 Å². The van der Waals surface area contributed by atoms with Gasteiger partial charge in [-0.05, 0) is 68.7 Å². The molecule has 4 atom stereocenters. The molecule has 168 valence electrons. The first-order chi connectivity index (χ1) is 14.9. The number of carboxylic acid groups (broad SMARTS) is 1. The van der Waals surface area contributed by atoms with Gasteiger partial charge < -0.3 is 25.0 Å². The molecule has 0 amide bonds. The van der Waals surface area contributed by atoms with Crippen molar-refractivity contribution in [2.75, 3.05) is 19.7 Å². The average molecular weight is 430 g/mol. The zero-order valence-electron chi connectivity index (χ0n) is 18.0. The Labute approximate surface area is 182 Å². The number of Topliss-reactive ketones (excluding diaryl/α,β-unsaturated/α-hetero) is 1. The van der Waals surface area contributed by atoms with Crippen LogP contribution in [0.3, 0.4) is 0 Å². The molecule has 0 saturated heterocycles. The van der Waals surface area contributed by atoms with E-state index in [0.717, 1.165) is 36.6 Å². The quantitative estimate of drug-likeness (QED) is 0.518. The number of carbonyl (C=O) groups is 2. The number of rotatable bonds is 9. The van der Waals surface area contributed by atoms with E-state index in [0.29, 0.717) is 25.0 Å². The highest BCUT2D eigenvalue weighted by Crippen LogP contribution is 2.65. The van der Waals surface area contributed by atoms with E-state index in [1.54, 1.807) is 6.07 Å². The van der Waals surface area contributed by atoms with E-state index in [1.807, 2.05) is 6.07 Å². The summed E-state index contributed by atoms with van der Waals surface area (Å²) in [7, 11) is 0. The largest absolute Gasteiger partial charge is 0.504 e. The molecule has 3 N–H and O–H groups in total. The molecule has 31 heavy (non-hydrogen) atoms. The minimum absolute atomic E-state index is 0.0373. The van der Waals surface area contributed by atoms with Crippen molar-refractivity contribution in [3.8, 4) is 11.5 Å². The van der Waals surface area contributed by atoms with Gasteiger partial charge in [-0.25, -0.2) is 0 Å². The second kappa shape index (κ2) is 7.48. The lowest BCUT2D eigenvalue weighted by atomic mass is 9.49. The fourth-order valence-electron chi connectivity index (χ4n) is 6.40. The molecule has 1 aromatic rings. The van der Waals surface area contributed by atoms with Crippen LogP contribution in [-0.4, -0.2) is 53.4 Å². The molecule has 2 fully saturated rings. The van der Waals surface area contributed by atoms with Gasteiger partial charge in [-0.1, -0.05) is 13.0 Å². The zero-order chi connectivity index (χ0) is 21.8. The smallest absolute Gasteiger partial charge is 0.305 e. The minimum atomic E-state index is -0.898. The number of benzene rings is 1. The van der Waals surface area contributed by atoms with Crippen LogP contribution in [0.15, 0.2) is 12.1 Å². The number of phenolic OH excluding ortho intramolecular Hbond substituents is 1. The van der Waals surface area contributed by atoms with Crippen LogP contribution >= 0.6 is 0 Å². The molecule has 1 aromatic carbocycles. The van der Waals surface area contributed by atoms with Gasteiger partial charge >= 0.3 is 5.97 Å². The fraction of sp³-hybridized carbons (Fsp3) is 0.667.